The molecule has 138 valence electrons. The van der Waals surface area contributed by atoms with Gasteiger partial charge in [0, 0.05) is 15.3 Å². The summed E-state index contributed by atoms with van der Waals surface area (Å²) in [6.07, 6.45) is -1.03. The molecule has 1 N–H and O–H groups in total. The summed E-state index contributed by atoms with van der Waals surface area (Å²) in [5.74, 6) is -2.56. The summed E-state index contributed by atoms with van der Waals surface area (Å²) < 4.78 is 12.3. The molecule has 7 heteroatoms. The molecule has 1 aromatic carbocycles. The summed E-state index contributed by atoms with van der Waals surface area (Å²) >= 11 is 1.40. The summed E-state index contributed by atoms with van der Waals surface area (Å²) in [5, 5.41) is 39.0. The minimum Gasteiger partial charge on any atom is -0.443 e. The molecule has 3 heterocycles. The first-order valence-electron chi connectivity index (χ1n) is 8.73. The Bertz CT molecular complexity index is 1080. The Hall–Kier alpha value is -3.18. The third-order valence-electron chi connectivity index (χ3n) is 5.86. The molecule has 0 aliphatic carbocycles. The van der Waals surface area contributed by atoms with Crippen LogP contribution in [0.1, 0.15) is 28.3 Å². The number of rotatable bonds is 2. The van der Waals surface area contributed by atoms with E-state index in [1.54, 1.807) is 25.1 Å². The van der Waals surface area contributed by atoms with Gasteiger partial charge in [-0.25, -0.2) is 0 Å². The highest BCUT2D eigenvalue weighted by Crippen LogP contribution is 2.69. The Morgan fingerprint density at radius 3 is 2.25 bits per heavy atom. The molecule has 2 bridgehead atoms. The lowest BCUT2D eigenvalue weighted by Gasteiger charge is -2.48. The summed E-state index contributed by atoms with van der Waals surface area (Å²) in [6.45, 7) is 3.62. The molecule has 0 radical (unpaired) electrons. The number of fused-ring (bicyclic) bond motifs is 2. The van der Waals surface area contributed by atoms with Gasteiger partial charge in [-0.1, -0.05) is 37.3 Å². The van der Waals surface area contributed by atoms with Crippen molar-refractivity contribution in [3.8, 4) is 18.2 Å². The van der Waals surface area contributed by atoms with Crippen molar-refractivity contribution in [3.63, 3.8) is 0 Å². The lowest BCUT2D eigenvalue weighted by Crippen LogP contribution is -2.57. The van der Waals surface area contributed by atoms with Crippen molar-refractivity contribution in [2.45, 2.75) is 25.7 Å². The Morgan fingerprint density at radius 1 is 1.04 bits per heavy atom. The summed E-state index contributed by atoms with van der Waals surface area (Å²) in [4.78, 5) is 1.65. The van der Waals surface area contributed by atoms with Gasteiger partial charge in [0.2, 0.25) is 17.1 Å². The van der Waals surface area contributed by atoms with Crippen molar-refractivity contribution in [1.29, 1.82) is 21.2 Å². The van der Waals surface area contributed by atoms with Crippen LogP contribution in [0, 0.1) is 63.1 Å². The Labute approximate surface area is 166 Å². The third-order valence-corrected chi connectivity index (χ3v) is 6.91. The van der Waals surface area contributed by atoms with Crippen LogP contribution >= 0.6 is 11.3 Å². The van der Waals surface area contributed by atoms with Gasteiger partial charge in [0.25, 0.3) is 0 Å². The van der Waals surface area contributed by atoms with Crippen molar-refractivity contribution in [1.82, 2.24) is 0 Å². The van der Waals surface area contributed by atoms with E-state index in [1.807, 2.05) is 31.2 Å². The zero-order valence-electron chi connectivity index (χ0n) is 15.3. The normalized spacial score (nSPS) is 32.6. The first-order chi connectivity index (χ1) is 13.4. The van der Waals surface area contributed by atoms with E-state index in [0.29, 0.717) is 10.4 Å². The first kappa shape index (κ1) is 18.2. The molecular formula is C21H16N4O2S. The van der Waals surface area contributed by atoms with E-state index in [9.17, 15) is 15.8 Å². The van der Waals surface area contributed by atoms with Crippen molar-refractivity contribution in [3.05, 3.63) is 57.8 Å². The molecule has 0 saturated carbocycles. The number of ether oxygens (including phenoxy) is 2. The Balaban J connectivity index is 2.05. The standard InChI is InChI=1S/C21H16N4O2S/c1-13-8-9-16(28-13)17-19(10-22,11-23)20(12-24)14(2)21(26-17,27-18(20)25)15-6-4-3-5-7-15/h3-9,14,17,25H,1-2H3. The smallest absolute Gasteiger partial charge is 0.244 e. The summed E-state index contributed by atoms with van der Waals surface area (Å²) in [7, 11) is 0. The van der Waals surface area contributed by atoms with Gasteiger partial charge in [0.1, 0.15) is 6.10 Å². The van der Waals surface area contributed by atoms with Crippen LogP contribution in [0.4, 0.5) is 0 Å². The van der Waals surface area contributed by atoms with E-state index < -0.39 is 34.5 Å². The SMILES string of the molecule is Cc1ccc(C2OC3(c4ccccc4)OC(=N)C(C#N)(C3C)C2(C#N)C#N)s1. The zero-order valence-corrected chi connectivity index (χ0v) is 16.1. The third kappa shape index (κ3) is 1.89. The molecule has 2 aliphatic rings. The van der Waals surface area contributed by atoms with E-state index in [-0.39, 0.29) is 0 Å². The molecule has 0 spiro atoms. The van der Waals surface area contributed by atoms with Crippen LogP contribution in [0.25, 0.3) is 0 Å². The second kappa shape index (κ2) is 5.91. The topological polar surface area (TPSA) is 114 Å². The number of benzene rings is 1. The van der Waals surface area contributed by atoms with E-state index in [2.05, 4.69) is 18.2 Å². The average molecular weight is 388 g/mol. The van der Waals surface area contributed by atoms with Crippen molar-refractivity contribution in [2.75, 3.05) is 0 Å². The molecular weight excluding hydrogens is 372 g/mol. The van der Waals surface area contributed by atoms with Gasteiger partial charge >= 0.3 is 0 Å². The highest BCUT2D eigenvalue weighted by Gasteiger charge is 2.79. The van der Waals surface area contributed by atoms with Crippen LogP contribution < -0.4 is 0 Å². The monoisotopic (exact) mass is 388 g/mol. The van der Waals surface area contributed by atoms with Crippen LogP contribution in [0.5, 0.6) is 0 Å². The van der Waals surface area contributed by atoms with E-state index in [4.69, 9.17) is 14.9 Å². The molecule has 2 aliphatic heterocycles. The minimum atomic E-state index is -1.91. The van der Waals surface area contributed by atoms with Gasteiger partial charge in [0.05, 0.1) is 24.1 Å². The van der Waals surface area contributed by atoms with Crippen LogP contribution in [0.3, 0.4) is 0 Å². The summed E-state index contributed by atoms with van der Waals surface area (Å²) in [6, 6.07) is 19.0. The maximum Gasteiger partial charge on any atom is 0.244 e. The number of hydrogen-bond donors (Lipinski definition) is 1. The predicted octanol–water partition coefficient (Wildman–Crippen LogP) is 4.17. The maximum atomic E-state index is 10.2. The van der Waals surface area contributed by atoms with E-state index in [1.165, 1.54) is 11.3 Å². The van der Waals surface area contributed by atoms with Crippen LogP contribution in [-0.2, 0) is 15.3 Å². The number of aryl methyl sites for hydroxylation is 1. The van der Waals surface area contributed by atoms with E-state index in [0.717, 1.165) is 4.88 Å². The largest absolute Gasteiger partial charge is 0.443 e. The molecule has 2 fully saturated rings. The molecule has 0 amide bonds. The lowest BCUT2D eigenvalue weighted by molar-refractivity contribution is -0.287. The quantitative estimate of drug-likeness (QED) is 0.829. The first-order valence-corrected chi connectivity index (χ1v) is 9.55. The van der Waals surface area contributed by atoms with Gasteiger partial charge in [-0.3, -0.25) is 5.41 Å². The Morgan fingerprint density at radius 2 is 1.71 bits per heavy atom. The van der Waals surface area contributed by atoms with Crippen LogP contribution in [-0.4, -0.2) is 5.90 Å². The van der Waals surface area contributed by atoms with Gasteiger partial charge < -0.3 is 9.47 Å². The van der Waals surface area contributed by atoms with Gasteiger partial charge in [-0.2, -0.15) is 15.8 Å². The van der Waals surface area contributed by atoms with Gasteiger partial charge in [0.15, 0.2) is 5.41 Å². The number of nitriles is 3. The molecule has 28 heavy (non-hydrogen) atoms. The highest BCUT2D eigenvalue weighted by molar-refractivity contribution is 7.12. The average Bonchev–Trinajstić information content (AvgIpc) is 3.21. The molecule has 2 aromatic rings. The zero-order chi connectivity index (χ0) is 20.2. The lowest BCUT2D eigenvalue weighted by atomic mass is 9.54. The second-order valence-corrected chi connectivity index (χ2v) is 8.40. The molecule has 6 nitrogen and oxygen atoms in total. The number of nitrogens with one attached hydrogen (secondary N) is 1. The molecule has 4 unspecified atom stereocenters. The molecule has 2 saturated heterocycles. The van der Waals surface area contributed by atoms with Crippen LogP contribution in [0.15, 0.2) is 42.5 Å². The van der Waals surface area contributed by atoms with Gasteiger partial charge in [-0.05, 0) is 19.1 Å². The molecule has 1 aromatic heterocycles. The van der Waals surface area contributed by atoms with Crippen molar-refractivity contribution in [2.24, 2.45) is 16.7 Å². The number of nitrogens with zero attached hydrogens (tertiary/aromatic N) is 3. The predicted molar refractivity (Wildman–Crippen MR) is 101 cm³/mol. The summed E-state index contributed by atoms with van der Waals surface area (Å²) in [5.41, 5.74) is -3.02. The fourth-order valence-corrected chi connectivity index (χ4v) is 5.36. The molecule has 4 atom stereocenters. The number of thiophene rings is 1. The Kier molecular flexibility index (Phi) is 3.84. The number of hydrogen-bond acceptors (Lipinski definition) is 7. The second-order valence-electron chi connectivity index (χ2n) is 7.08. The fourth-order valence-electron chi connectivity index (χ4n) is 4.39. The van der Waals surface area contributed by atoms with E-state index >= 15 is 0 Å². The van der Waals surface area contributed by atoms with Gasteiger partial charge in [-0.15, -0.1) is 11.3 Å². The van der Waals surface area contributed by atoms with Crippen LogP contribution in [0.2, 0.25) is 0 Å². The molecule has 4 rings (SSSR count). The minimum absolute atomic E-state index is 0.398. The van der Waals surface area contributed by atoms with Crippen molar-refractivity contribution >= 4 is 17.2 Å². The highest BCUT2D eigenvalue weighted by atomic mass is 32.1. The maximum absolute atomic E-state index is 10.2. The fraction of sp³-hybridized carbons (Fsp3) is 0.333. The van der Waals surface area contributed by atoms with Crippen molar-refractivity contribution < 1.29 is 9.47 Å².